The highest BCUT2D eigenvalue weighted by atomic mass is 16.6. The zero-order valence-corrected chi connectivity index (χ0v) is 9.61. The second-order valence-corrected chi connectivity index (χ2v) is 3.75. The van der Waals surface area contributed by atoms with Crippen LogP contribution in [0, 0.1) is 10.1 Å². The number of phenols is 1. The molecular formula is C12H9N3O4. The molecule has 7 nitrogen and oxygen atoms in total. The van der Waals surface area contributed by atoms with Crippen LogP contribution >= 0.6 is 0 Å². The van der Waals surface area contributed by atoms with E-state index in [-0.39, 0.29) is 28.3 Å². The van der Waals surface area contributed by atoms with Crippen LogP contribution in [0.1, 0.15) is 10.4 Å². The zero-order valence-electron chi connectivity index (χ0n) is 9.61. The van der Waals surface area contributed by atoms with Crippen molar-refractivity contribution in [2.45, 2.75) is 0 Å². The van der Waals surface area contributed by atoms with Crippen molar-refractivity contribution < 1.29 is 14.8 Å². The van der Waals surface area contributed by atoms with Gasteiger partial charge in [-0.2, -0.15) is 0 Å². The molecular weight excluding hydrogens is 250 g/mol. The van der Waals surface area contributed by atoms with E-state index in [9.17, 15) is 20.0 Å². The Balaban J connectivity index is 2.57. The number of benzene rings is 1. The van der Waals surface area contributed by atoms with Crippen molar-refractivity contribution in [3.63, 3.8) is 0 Å². The largest absolute Gasteiger partial charge is 0.507 e. The molecule has 0 aliphatic rings. The van der Waals surface area contributed by atoms with Gasteiger partial charge >= 0.3 is 0 Å². The van der Waals surface area contributed by atoms with E-state index in [1.165, 1.54) is 36.5 Å². The number of hydrogen-bond donors (Lipinski definition) is 2. The van der Waals surface area contributed by atoms with Gasteiger partial charge in [-0.15, -0.1) is 0 Å². The van der Waals surface area contributed by atoms with E-state index in [0.29, 0.717) is 0 Å². The number of carbonyl (C=O) groups is 1. The van der Waals surface area contributed by atoms with Crippen molar-refractivity contribution in [2.24, 2.45) is 5.73 Å². The quantitative estimate of drug-likeness (QED) is 0.638. The summed E-state index contributed by atoms with van der Waals surface area (Å²) in [7, 11) is 0. The number of aromatic hydroxyl groups is 1. The van der Waals surface area contributed by atoms with Gasteiger partial charge in [0, 0.05) is 29.5 Å². The summed E-state index contributed by atoms with van der Waals surface area (Å²) < 4.78 is 0. The van der Waals surface area contributed by atoms with Gasteiger partial charge in [0.05, 0.1) is 10.6 Å². The second-order valence-electron chi connectivity index (χ2n) is 3.75. The Kier molecular flexibility index (Phi) is 3.11. The third kappa shape index (κ3) is 2.49. The van der Waals surface area contributed by atoms with E-state index in [4.69, 9.17) is 5.73 Å². The molecule has 0 aliphatic heterocycles. The fourth-order valence-corrected chi connectivity index (χ4v) is 1.57. The number of aromatic nitrogens is 1. The first-order valence-corrected chi connectivity index (χ1v) is 5.22. The predicted octanol–water partition coefficient (Wildman–Crippen LogP) is 1.46. The van der Waals surface area contributed by atoms with Gasteiger partial charge in [-0.3, -0.25) is 19.9 Å². The molecule has 0 saturated carbocycles. The maximum Gasteiger partial charge on any atom is 0.270 e. The number of rotatable bonds is 3. The highest BCUT2D eigenvalue weighted by Crippen LogP contribution is 2.31. The van der Waals surface area contributed by atoms with Crippen LogP contribution in [0.25, 0.3) is 11.3 Å². The lowest BCUT2D eigenvalue weighted by Crippen LogP contribution is -2.11. The summed E-state index contributed by atoms with van der Waals surface area (Å²) in [4.78, 5) is 25.1. The number of primary amides is 1. The van der Waals surface area contributed by atoms with Crippen LogP contribution in [0.2, 0.25) is 0 Å². The standard InChI is InChI=1S/C12H9N3O4/c13-12(17)7-3-4-14-10(5-7)9-6-8(15(18)19)1-2-11(9)16/h1-6,16H,(H2,13,17). The normalized spacial score (nSPS) is 10.1. The molecule has 1 amide bonds. The third-order valence-corrected chi connectivity index (χ3v) is 2.51. The molecule has 0 bridgehead atoms. The Morgan fingerprint density at radius 3 is 2.68 bits per heavy atom. The Bertz CT molecular complexity index is 670. The van der Waals surface area contributed by atoms with Gasteiger partial charge in [0.25, 0.3) is 5.69 Å². The minimum absolute atomic E-state index is 0.164. The molecule has 0 aliphatic carbocycles. The molecule has 19 heavy (non-hydrogen) atoms. The lowest BCUT2D eigenvalue weighted by atomic mass is 10.1. The molecule has 0 fully saturated rings. The first-order chi connectivity index (χ1) is 8.99. The number of pyridine rings is 1. The molecule has 0 saturated heterocycles. The zero-order chi connectivity index (χ0) is 14.0. The monoisotopic (exact) mass is 259 g/mol. The van der Waals surface area contributed by atoms with Gasteiger partial charge in [0.15, 0.2) is 0 Å². The number of nitrogens with two attached hydrogens (primary N) is 1. The molecule has 1 aromatic carbocycles. The molecule has 1 heterocycles. The van der Waals surface area contributed by atoms with Crippen LogP contribution in [0.3, 0.4) is 0 Å². The Labute approximate surface area is 107 Å². The van der Waals surface area contributed by atoms with Crippen LogP contribution in [0.5, 0.6) is 5.75 Å². The van der Waals surface area contributed by atoms with E-state index in [1.807, 2.05) is 0 Å². The highest BCUT2D eigenvalue weighted by Gasteiger charge is 2.13. The van der Waals surface area contributed by atoms with Crippen molar-refractivity contribution in [2.75, 3.05) is 0 Å². The van der Waals surface area contributed by atoms with E-state index < -0.39 is 10.8 Å². The molecule has 0 atom stereocenters. The number of nitrogens with zero attached hydrogens (tertiary/aromatic N) is 2. The van der Waals surface area contributed by atoms with Gasteiger partial charge in [0.2, 0.25) is 5.91 Å². The minimum Gasteiger partial charge on any atom is -0.507 e. The number of non-ortho nitro benzene ring substituents is 1. The summed E-state index contributed by atoms with van der Waals surface area (Å²) in [5.74, 6) is -0.812. The molecule has 1 aromatic heterocycles. The average Bonchev–Trinajstić information content (AvgIpc) is 2.39. The summed E-state index contributed by atoms with van der Waals surface area (Å²) in [6.45, 7) is 0. The highest BCUT2D eigenvalue weighted by molar-refractivity contribution is 5.93. The summed E-state index contributed by atoms with van der Waals surface area (Å²) in [5.41, 5.74) is 5.56. The number of nitro groups is 1. The fourth-order valence-electron chi connectivity index (χ4n) is 1.57. The smallest absolute Gasteiger partial charge is 0.270 e. The average molecular weight is 259 g/mol. The molecule has 2 aromatic rings. The Hall–Kier alpha value is -2.96. The van der Waals surface area contributed by atoms with Crippen LogP contribution in [0.15, 0.2) is 36.5 Å². The molecule has 0 unspecified atom stereocenters. The maximum absolute atomic E-state index is 11.1. The molecule has 2 rings (SSSR count). The summed E-state index contributed by atoms with van der Waals surface area (Å²) >= 11 is 0. The molecule has 96 valence electrons. The summed E-state index contributed by atoms with van der Waals surface area (Å²) in [6.07, 6.45) is 1.34. The van der Waals surface area contributed by atoms with Gasteiger partial charge in [-0.05, 0) is 18.2 Å². The molecule has 7 heteroatoms. The van der Waals surface area contributed by atoms with Crippen LogP contribution < -0.4 is 5.73 Å². The van der Waals surface area contributed by atoms with Gasteiger partial charge in [0.1, 0.15) is 5.75 Å². The van der Waals surface area contributed by atoms with E-state index in [0.717, 1.165) is 0 Å². The number of amides is 1. The van der Waals surface area contributed by atoms with Crippen molar-refractivity contribution in [1.82, 2.24) is 4.98 Å². The number of nitro benzene ring substituents is 1. The molecule has 0 spiro atoms. The van der Waals surface area contributed by atoms with Crippen molar-refractivity contribution in [3.8, 4) is 17.0 Å². The van der Waals surface area contributed by atoms with Crippen molar-refractivity contribution in [3.05, 3.63) is 52.2 Å². The lowest BCUT2D eigenvalue weighted by molar-refractivity contribution is -0.384. The molecule has 3 N–H and O–H groups in total. The second kappa shape index (κ2) is 4.73. The Morgan fingerprint density at radius 2 is 2.05 bits per heavy atom. The summed E-state index contributed by atoms with van der Waals surface area (Å²) in [5, 5.41) is 20.4. The fraction of sp³-hybridized carbons (Fsp3) is 0. The first-order valence-electron chi connectivity index (χ1n) is 5.22. The Morgan fingerprint density at radius 1 is 1.32 bits per heavy atom. The van der Waals surface area contributed by atoms with Crippen LogP contribution in [-0.2, 0) is 0 Å². The van der Waals surface area contributed by atoms with E-state index in [2.05, 4.69) is 4.98 Å². The first kappa shape index (κ1) is 12.5. The number of hydrogen-bond acceptors (Lipinski definition) is 5. The van der Waals surface area contributed by atoms with Crippen molar-refractivity contribution >= 4 is 11.6 Å². The van der Waals surface area contributed by atoms with Crippen molar-refractivity contribution in [1.29, 1.82) is 0 Å². The molecule has 0 radical (unpaired) electrons. The van der Waals surface area contributed by atoms with Crippen LogP contribution in [-0.4, -0.2) is 20.9 Å². The number of phenolic OH excluding ortho intramolecular Hbond substituents is 1. The van der Waals surface area contributed by atoms with Gasteiger partial charge in [-0.25, -0.2) is 0 Å². The van der Waals surface area contributed by atoms with Gasteiger partial charge in [-0.1, -0.05) is 0 Å². The SMILES string of the molecule is NC(=O)c1ccnc(-c2cc([N+](=O)[O-])ccc2O)c1. The minimum atomic E-state index is -0.645. The topological polar surface area (TPSA) is 119 Å². The lowest BCUT2D eigenvalue weighted by Gasteiger charge is -2.05. The third-order valence-electron chi connectivity index (χ3n) is 2.51. The van der Waals surface area contributed by atoms with Gasteiger partial charge < -0.3 is 10.8 Å². The van der Waals surface area contributed by atoms with E-state index >= 15 is 0 Å². The maximum atomic E-state index is 11.1. The van der Waals surface area contributed by atoms with Crippen LogP contribution in [0.4, 0.5) is 5.69 Å². The predicted molar refractivity (Wildman–Crippen MR) is 66.5 cm³/mol. The summed E-state index contributed by atoms with van der Waals surface area (Å²) in [6, 6.07) is 6.34. The number of carbonyl (C=O) groups excluding carboxylic acids is 1. The van der Waals surface area contributed by atoms with E-state index in [1.54, 1.807) is 0 Å².